The molecule has 0 unspecified atom stereocenters. The van der Waals surface area contributed by atoms with E-state index in [0.717, 1.165) is 37.1 Å². The first-order valence-corrected chi connectivity index (χ1v) is 9.58. The molecule has 1 heterocycles. The van der Waals surface area contributed by atoms with Gasteiger partial charge >= 0.3 is 0 Å². The number of nitrogens with one attached hydrogen (secondary N) is 1. The third-order valence-electron chi connectivity index (χ3n) is 4.38. The van der Waals surface area contributed by atoms with Gasteiger partial charge in [0, 0.05) is 11.4 Å². The molecule has 1 aliphatic rings. The number of nitro groups is 1. The SMILES string of the molecule is COc1ccc(NC(=O)CSc2nc(C)c3c(n2)CCCC3)c([N+](=O)[O-])c1. The molecular weight excluding hydrogens is 368 g/mol. The number of nitro benzene ring substituents is 1. The number of fused-ring (bicyclic) bond motifs is 1. The summed E-state index contributed by atoms with van der Waals surface area (Å²) in [5.41, 5.74) is 3.18. The number of hydrogen-bond acceptors (Lipinski definition) is 7. The number of hydrogen-bond donors (Lipinski definition) is 1. The van der Waals surface area contributed by atoms with E-state index in [4.69, 9.17) is 4.74 Å². The predicted octanol–water partition coefficient (Wildman–Crippen LogP) is 3.31. The maximum Gasteiger partial charge on any atom is 0.296 e. The van der Waals surface area contributed by atoms with Crippen molar-refractivity contribution < 1.29 is 14.5 Å². The Kier molecular flexibility index (Phi) is 5.90. The van der Waals surface area contributed by atoms with Crippen LogP contribution in [0.1, 0.15) is 29.8 Å². The van der Waals surface area contributed by atoms with Crippen molar-refractivity contribution in [2.75, 3.05) is 18.2 Å². The molecule has 0 spiro atoms. The summed E-state index contributed by atoms with van der Waals surface area (Å²) in [5.74, 6) is 0.0701. The highest BCUT2D eigenvalue weighted by molar-refractivity contribution is 7.99. The van der Waals surface area contributed by atoms with Crippen molar-refractivity contribution in [3.63, 3.8) is 0 Å². The highest BCUT2D eigenvalue weighted by atomic mass is 32.2. The number of carbonyl (C=O) groups excluding carboxylic acids is 1. The van der Waals surface area contributed by atoms with Crippen molar-refractivity contribution >= 4 is 29.0 Å². The summed E-state index contributed by atoms with van der Waals surface area (Å²) < 4.78 is 4.99. The summed E-state index contributed by atoms with van der Waals surface area (Å²) in [6.45, 7) is 1.97. The molecule has 1 amide bonds. The van der Waals surface area contributed by atoms with Crippen molar-refractivity contribution in [1.82, 2.24) is 9.97 Å². The minimum absolute atomic E-state index is 0.0708. The molecule has 0 aliphatic heterocycles. The molecule has 1 N–H and O–H groups in total. The maximum absolute atomic E-state index is 12.2. The lowest BCUT2D eigenvalue weighted by Gasteiger charge is -2.17. The van der Waals surface area contributed by atoms with Gasteiger partial charge in [0.25, 0.3) is 5.69 Å². The van der Waals surface area contributed by atoms with E-state index >= 15 is 0 Å². The van der Waals surface area contributed by atoms with Gasteiger partial charge in [-0.1, -0.05) is 11.8 Å². The lowest BCUT2D eigenvalue weighted by molar-refractivity contribution is -0.384. The number of amides is 1. The van der Waals surface area contributed by atoms with Crippen LogP contribution in [-0.4, -0.2) is 33.7 Å². The smallest absolute Gasteiger partial charge is 0.296 e. The first-order valence-electron chi connectivity index (χ1n) is 8.59. The van der Waals surface area contributed by atoms with E-state index in [0.29, 0.717) is 10.9 Å². The fourth-order valence-electron chi connectivity index (χ4n) is 3.03. The van der Waals surface area contributed by atoms with Crippen LogP contribution in [0, 0.1) is 17.0 Å². The third kappa shape index (κ3) is 4.54. The summed E-state index contributed by atoms with van der Waals surface area (Å²) in [6.07, 6.45) is 4.23. The molecule has 8 nitrogen and oxygen atoms in total. The van der Waals surface area contributed by atoms with Crippen molar-refractivity contribution in [3.8, 4) is 5.75 Å². The molecule has 0 atom stereocenters. The standard InChI is InChI=1S/C18H20N4O4S/c1-11-13-5-3-4-6-14(13)21-18(19-11)27-10-17(23)20-15-8-7-12(26-2)9-16(15)22(24)25/h7-9H,3-6,10H2,1-2H3,(H,20,23). The number of aryl methyl sites for hydroxylation is 2. The van der Waals surface area contributed by atoms with Gasteiger partial charge in [-0.3, -0.25) is 14.9 Å². The Bertz CT molecular complexity index is 888. The van der Waals surface area contributed by atoms with E-state index < -0.39 is 4.92 Å². The van der Waals surface area contributed by atoms with Gasteiger partial charge in [0.1, 0.15) is 11.4 Å². The molecule has 1 aliphatic carbocycles. The van der Waals surface area contributed by atoms with Gasteiger partial charge < -0.3 is 10.1 Å². The number of thioether (sulfide) groups is 1. The number of aromatic nitrogens is 2. The lowest BCUT2D eigenvalue weighted by atomic mass is 9.95. The van der Waals surface area contributed by atoms with Crippen LogP contribution < -0.4 is 10.1 Å². The first-order chi connectivity index (χ1) is 13.0. The fraction of sp³-hybridized carbons (Fsp3) is 0.389. The van der Waals surface area contributed by atoms with Crippen molar-refractivity contribution in [2.45, 2.75) is 37.8 Å². The summed E-state index contributed by atoms with van der Waals surface area (Å²) in [6, 6.07) is 4.30. The molecule has 9 heteroatoms. The van der Waals surface area contributed by atoms with Gasteiger partial charge in [0.15, 0.2) is 5.16 Å². The zero-order valence-corrected chi connectivity index (χ0v) is 16.0. The highest BCUT2D eigenvalue weighted by Crippen LogP contribution is 2.29. The second-order valence-electron chi connectivity index (χ2n) is 6.20. The highest BCUT2D eigenvalue weighted by Gasteiger charge is 2.19. The monoisotopic (exact) mass is 388 g/mol. The van der Waals surface area contributed by atoms with Gasteiger partial charge in [-0.05, 0) is 50.3 Å². The number of carbonyl (C=O) groups is 1. The largest absolute Gasteiger partial charge is 0.496 e. The van der Waals surface area contributed by atoms with Crippen LogP contribution in [0.3, 0.4) is 0 Å². The Morgan fingerprint density at radius 2 is 2.11 bits per heavy atom. The Morgan fingerprint density at radius 1 is 1.33 bits per heavy atom. The molecule has 1 aromatic carbocycles. The van der Waals surface area contributed by atoms with Gasteiger partial charge in [0.2, 0.25) is 5.91 Å². The fourth-order valence-corrected chi connectivity index (χ4v) is 3.74. The van der Waals surface area contributed by atoms with Gasteiger partial charge in [0.05, 0.1) is 23.9 Å². The zero-order valence-electron chi connectivity index (χ0n) is 15.2. The molecule has 0 saturated carbocycles. The van der Waals surface area contributed by atoms with Gasteiger partial charge in [-0.25, -0.2) is 9.97 Å². The molecule has 0 fully saturated rings. The zero-order chi connectivity index (χ0) is 19.4. The van der Waals surface area contributed by atoms with Gasteiger partial charge in [-0.15, -0.1) is 0 Å². The quantitative estimate of drug-likeness (QED) is 0.350. The van der Waals surface area contributed by atoms with Crippen LogP contribution in [0.2, 0.25) is 0 Å². The summed E-state index contributed by atoms with van der Waals surface area (Å²) >= 11 is 1.23. The van der Waals surface area contributed by atoms with E-state index in [1.165, 1.54) is 36.6 Å². The average molecular weight is 388 g/mol. The van der Waals surface area contributed by atoms with Crippen molar-refractivity contribution in [3.05, 3.63) is 45.3 Å². The van der Waals surface area contributed by atoms with E-state index in [1.807, 2.05) is 6.92 Å². The molecule has 0 bridgehead atoms. The van der Waals surface area contributed by atoms with E-state index in [-0.39, 0.29) is 23.0 Å². The maximum atomic E-state index is 12.2. The summed E-state index contributed by atoms with van der Waals surface area (Å²) in [7, 11) is 1.43. The molecular formula is C18H20N4O4S. The number of ether oxygens (including phenoxy) is 1. The molecule has 27 heavy (non-hydrogen) atoms. The Balaban J connectivity index is 1.67. The summed E-state index contributed by atoms with van der Waals surface area (Å²) in [5, 5.41) is 14.3. The molecule has 2 aromatic rings. The van der Waals surface area contributed by atoms with Crippen LogP contribution in [0.4, 0.5) is 11.4 Å². The molecule has 0 saturated heterocycles. The number of anilines is 1. The molecule has 142 valence electrons. The van der Waals surface area contributed by atoms with Crippen LogP contribution in [0.25, 0.3) is 0 Å². The van der Waals surface area contributed by atoms with Crippen molar-refractivity contribution in [2.24, 2.45) is 0 Å². The van der Waals surface area contributed by atoms with Gasteiger partial charge in [-0.2, -0.15) is 0 Å². The molecule has 1 aromatic heterocycles. The lowest BCUT2D eigenvalue weighted by Crippen LogP contribution is -2.16. The van der Waals surface area contributed by atoms with E-state index in [1.54, 1.807) is 6.07 Å². The topological polar surface area (TPSA) is 107 Å². The second-order valence-corrected chi connectivity index (χ2v) is 7.14. The van der Waals surface area contributed by atoms with Crippen LogP contribution >= 0.6 is 11.8 Å². The third-order valence-corrected chi connectivity index (χ3v) is 5.22. The minimum Gasteiger partial charge on any atom is -0.496 e. The van der Waals surface area contributed by atoms with Crippen LogP contribution in [-0.2, 0) is 17.6 Å². The normalized spacial score (nSPS) is 13.0. The predicted molar refractivity (Wildman–Crippen MR) is 102 cm³/mol. The van der Waals surface area contributed by atoms with E-state index in [9.17, 15) is 14.9 Å². The second kappa shape index (κ2) is 8.34. The molecule has 3 rings (SSSR count). The summed E-state index contributed by atoms with van der Waals surface area (Å²) in [4.78, 5) is 31.9. The van der Waals surface area contributed by atoms with Crippen molar-refractivity contribution in [1.29, 1.82) is 0 Å². The van der Waals surface area contributed by atoms with Crippen LogP contribution in [0.5, 0.6) is 5.75 Å². The Morgan fingerprint density at radius 3 is 2.85 bits per heavy atom. The first kappa shape index (κ1) is 19.1. The average Bonchev–Trinajstić information content (AvgIpc) is 2.66. The number of rotatable bonds is 6. The molecule has 0 radical (unpaired) electrons. The number of nitrogens with zero attached hydrogens (tertiary/aromatic N) is 3. The Hall–Kier alpha value is -2.68. The van der Waals surface area contributed by atoms with Crippen LogP contribution in [0.15, 0.2) is 23.4 Å². The van der Waals surface area contributed by atoms with E-state index in [2.05, 4.69) is 15.3 Å². The number of benzene rings is 1. The Labute approximate surface area is 160 Å². The number of methoxy groups -OCH3 is 1. The minimum atomic E-state index is -0.554.